The Morgan fingerprint density at radius 2 is 2.38 bits per heavy atom. The smallest absolute Gasteiger partial charge is 0.306 e. The van der Waals surface area contributed by atoms with Crippen molar-refractivity contribution < 1.29 is 9.90 Å². The number of nitrogens with zero attached hydrogens (tertiary/aromatic N) is 2. The first-order valence-electron chi connectivity index (χ1n) is 5.32. The molecule has 1 atom stereocenters. The van der Waals surface area contributed by atoms with Crippen molar-refractivity contribution in [3.8, 4) is 0 Å². The van der Waals surface area contributed by atoms with Gasteiger partial charge in [-0.3, -0.25) is 4.79 Å². The van der Waals surface area contributed by atoms with Gasteiger partial charge in [-0.1, -0.05) is 6.92 Å². The molecule has 16 heavy (non-hydrogen) atoms. The fraction of sp³-hybridized carbons (Fsp3) is 0.545. The van der Waals surface area contributed by atoms with Crippen LogP contribution in [-0.2, 0) is 11.2 Å². The highest BCUT2D eigenvalue weighted by atomic mass is 79.9. The SMILES string of the molecule is CC(Cc1nc(C2CC2)ncc1Br)C(=O)O. The first-order valence-corrected chi connectivity index (χ1v) is 6.11. The van der Waals surface area contributed by atoms with Crippen LogP contribution >= 0.6 is 15.9 Å². The van der Waals surface area contributed by atoms with Crippen LogP contribution in [0.1, 0.15) is 37.2 Å². The number of hydrogen-bond donors (Lipinski definition) is 1. The molecule has 0 saturated heterocycles. The molecule has 4 nitrogen and oxygen atoms in total. The van der Waals surface area contributed by atoms with Crippen molar-refractivity contribution >= 4 is 21.9 Å². The Morgan fingerprint density at radius 1 is 1.69 bits per heavy atom. The molecule has 2 rings (SSSR count). The largest absolute Gasteiger partial charge is 0.481 e. The average Bonchev–Trinajstić information content (AvgIpc) is 3.04. The molecule has 1 heterocycles. The summed E-state index contributed by atoms with van der Waals surface area (Å²) < 4.78 is 0.796. The van der Waals surface area contributed by atoms with Gasteiger partial charge < -0.3 is 5.11 Å². The quantitative estimate of drug-likeness (QED) is 0.922. The number of rotatable bonds is 4. The molecule has 1 aromatic heterocycles. The maximum absolute atomic E-state index is 10.8. The van der Waals surface area contributed by atoms with Crippen LogP contribution in [-0.4, -0.2) is 21.0 Å². The van der Waals surface area contributed by atoms with Gasteiger partial charge >= 0.3 is 5.97 Å². The maximum atomic E-state index is 10.8. The molecule has 0 aromatic carbocycles. The molecule has 0 aliphatic heterocycles. The van der Waals surface area contributed by atoms with Crippen molar-refractivity contribution in [3.63, 3.8) is 0 Å². The summed E-state index contributed by atoms with van der Waals surface area (Å²) in [6.07, 6.45) is 4.47. The Labute approximate surface area is 102 Å². The van der Waals surface area contributed by atoms with Crippen molar-refractivity contribution in [2.24, 2.45) is 5.92 Å². The minimum Gasteiger partial charge on any atom is -0.481 e. The van der Waals surface area contributed by atoms with Gasteiger partial charge in [-0.2, -0.15) is 0 Å². The fourth-order valence-corrected chi connectivity index (χ4v) is 1.83. The summed E-state index contributed by atoms with van der Waals surface area (Å²) in [7, 11) is 0. The van der Waals surface area contributed by atoms with E-state index in [0.29, 0.717) is 12.3 Å². The summed E-state index contributed by atoms with van der Waals surface area (Å²) in [5.74, 6) is 0.138. The lowest BCUT2D eigenvalue weighted by atomic mass is 10.1. The summed E-state index contributed by atoms with van der Waals surface area (Å²) >= 11 is 3.36. The zero-order chi connectivity index (χ0) is 11.7. The lowest BCUT2D eigenvalue weighted by molar-refractivity contribution is -0.141. The molecule has 1 fully saturated rings. The summed E-state index contributed by atoms with van der Waals surface area (Å²) in [6.45, 7) is 1.69. The van der Waals surface area contributed by atoms with E-state index in [2.05, 4.69) is 25.9 Å². The highest BCUT2D eigenvalue weighted by molar-refractivity contribution is 9.10. The van der Waals surface area contributed by atoms with Gasteiger partial charge in [0.2, 0.25) is 0 Å². The number of carboxylic acid groups (broad SMARTS) is 1. The molecular weight excluding hydrogens is 272 g/mol. The summed E-state index contributed by atoms with van der Waals surface area (Å²) in [4.78, 5) is 19.5. The monoisotopic (exact) mass is 284 g/mol. The van der Waals surface area contributed by atoms with E-state index in [9.17, 15) is 4.79 Å². The van der Waals surface area contributed by atoms with Crippen molar-refractivity contribution in [2.75, 3.05) is 0 Å². The number of aliphatic carboxylic acids is 1. The Balaban J connectivity index is 2.18. The van der Waals surface area contributed by atoms with Gasteiger partial charge in [0.1, 0.15) is 5.82 Å². The molecular formula is C11H13BrN2O2. The van der Waals surface area contributed by atoms with E-state index in [1.54, 1.807) is 13.1 Å². The normalized spacial score (nSPS) is 17.1. The van der Waals surface area contributed by atoms with E-state index in [1.807, 2.05) is 0 Å². The molecule has 0 radical (unpaired) electrons. The minimum atomic E-state index is -0.793. The topological polar surface area (TPSA) is 63.1 Å². The second-order valence-electron chi connectivity index (χ2n) is 4.24. The molecule has 1 aliphatic carbocycles. The fourth-order valence-electron chi connectivity index (χ4n) is 1.48. The molecule has 1 aromatic rings. The van der Waals surface area contributed by atoms with Gasteiger partial charge in [-0.15, -0.1) is 0 Å². The highest BCUT2D eigenvalue weighted by Crippen LogP contribution is 2.38. The molecule has 1 aliphatic rings. The van der Waals surface area contributed by atoms with Crippen LogP contribution in [0.4, 0.5) is 0 Å². The van der Waals surface area contributed by atoms with E-state index in [0.717, 1.165) is 28.8 Å². The number of hydrogen-bond acceptors (Lipinski definition) is 3. The second-order valence-corrected chi connectivity index (χ2v) is 5.09. The Hall–Kier alpha value is -0.970. The van der Waals surface area contributed by atoms with Crippen molar-refractivity contribution in [1.29, 1.82) is 0 Å². The van der Waals surface area contributed by atoms with E-state index in [4.69, 9.17) is 5.11 Å². The molecule has 0 bridgehead atoms. The molecule has 0 amide bonds. The summed E-state index contributed by atoms with van der Waals surface area (Å²) in [6, 6.07) is 0. The minimum absolute atomic E-state index is 0.418. The predicted octanol–water partition coefficient (Wildman–Crippen LogP) is 2.38. The first kappa shape index (κ1) is 11.5. The van der Waals surface area contributed by atoms with Gasteiger partial charge in [0.25, 0.3) is 0 Å². The van der Waals surface area contributed by atoms with Crippen LogP contribution in [0.2, 0.25) is 0 Å². The summed E-state index contributed by atoms with van der Waals surface area (Å²) in [5, 5.41) is 8.87. The third-order valence-corrected chi connectivity index (χ3v) is 3.36. The van der Waals surface area contributed by atoms with E-state index >= 15 is 0 Å². The lowest BCUT2D eigenvalue weighted by Crippen LogP contribution is -2.14. The number of aromatic nitrogens is 2. The average molecular weight is 285 g/mol. The Morgan fingerprint density at radius 3 is 2.94 bits per heavy atom. The van der Waals surface area contributed by atoms with Crippen LogP contribution < -0.4 is 0 Å². The van der Waals surface area contributed by atoms with Crippen LogP contribution in [0, 0.1) is 5.92 Å². The molecule has 86 valence electrons. The predicted molar refractivity (Wildman–Crippen MR) is 62.2 cm³/mol. The van der Waals surface area contributed by atoms with Gasteiger partial charge in [0.05, 0.1) is 16.1 Å². The Kier molecular flexibility index (Phi) is 3.23. The first-order chi connectivity index (χ1) is 7.58. The van der Waals surface area contributed by atoms with Gasteiger partial charge in [-0.25, -0.2) is 9.97 Å². The number of carboxylic acids is 1. The maximum Gasteiger partial charge on any atom is 0.306 e. The van der Waals surface area contributed by atoms with E-state index < -0.39 is 11.9 Å². The molecule has 5 heteroatoms. The highest BCUT2D eigenvalue weighted by Gasteiger charge is 2.27. The summed E-state index contributed by atoms with van der Waals surface area (Å²) in [5.41, 5.74) is 0.798. The van der Waals surface area contributed by atoms with Crippen LogP contribution in [0.25, 0.3) is 0 Å². The Bertz CT molecular complexity index is 418. The molecule has 1 N–H and O–H groups in total. The lowest BCUT2D eigenvalue weighted by Gasteiger charge is -2.08. The van der Waals surface area contributed by atoms with Crippen LogP contribution in [0.15, 0.2) is 10.7 Å². The van der Waals surface area contributed by atoms with Gasteiger partial charge in [-0.05, 0) is 28.8 Å². The van der Waals surface area contributed by atoms with Crippen LogP contribution in [0.5, 0.6) is 0 Å². The third kappa shape index (κ3) is 2.58. The van der Waals surface area contributed by atoms with Gasteiger partial charge in [0, 0.05) is 18.5 Å². The van der Waals surface area contributed by atoms with Gasteiger partial charge in [0.15, 0.2) is 0 Å². The van der Waals surface area contributed by atoms with Crippen LogP contribution in [0.3, 0.4) is 0 Å². The molecule has 1 unspecified atom stereocenters. The molecule has 1 saturated carbocycles. The van der Waals surface area contributed by atoms with Crippen molar-refractivity contribution in [1.82, 2.24) is 9.97 Å². The number of carbonyl (C=O) groups is 1. The standard InChI is InChI=1S/C11H13BrN2O2/c1-6(11(15)16)4-9-8(12)5-13-10(14-9)7-2-3-7/h5-7H,2-4H2,1H3,(H,15,16). The van der Waals surface area contributed by atoms with E-state index in [-0.39, 0.29) is 0 Å². The van der Waals surface area contributed by atoms with Crippen molar-refractivity contribution in [3.05, 3.63) is 22.2 Å². The van der Waals surface area contributed by atoms with Crippen molar-refractivity contribution in [2.45, 2.75) is 32.1 Å². The van der Waals surface area contributed by atoms with E-state index in [1.165, 1.54) is 0 Å². The third-order valence-electron chi connectivity index (χ3n) is 2.70. The zero-order valence-electron chi connectivity index (χ0n) is 8.98. The zero-order valence-corrected chi connectivity index (χ0v) is 10.6. The number of halogens is 1. The molecule has 0 spiro atoms. The second kappa shape index (κ2) is 4.49.